The summed E-state index contributed by atoms with van der Waals surface area (Å²) in [6.07, 6.45) is -1.75. The number of hydrogen-bond donors (Lipinski definition) is 1. The summed E-state index contributed by atoms with van der Waals surface area (Å²) in [5.41, 5.74) is 0. The van der Waals surface area contributed by atoms with Gasteiger partial charge in [0.2, 0.25) is 0 Å². The molecule has 13 heavy (non-hydrogen) atoms. The van der Waals surface area contributed by atoms with Crippen molar-refractivity contribution in [2.75, 3.05) is 26.4 Å². The Morgan fingerprint density at radius 2 is 2.00 bits per heavy atom. The lowest BCUT2D eigenvalue weighted by molar-refractivity contribution is -0.465. The molecule has 5 heteroatoms. The first kappa shape index (κ1) is 10.9. The van der Waals surface area contributed by atoms with Gasteiger partial charge in [0.15, 0.2) is 0 Å². The van der Waals surface area contributed by atoms with E-state index < -0.39 is 6.16 Å². The van der Waals surface area contributed by atoms with Crippen LogP contribution in [0.5, 0.6) is 0 Å². The van der Waals surface area contributed by atoms with Crippen LogP contribution in [0.15, 0.2) is 0 Å². The third kappa shape index (κ3) is 2.62. The molecule has 0 aliphatic carbocycles. The zero-order chi connectivity index (χ0) is 9.73. The fraction of sp³-hybridized carbons (Fsp3) is 1.00. The molecule has 0 bridgehead atoms. The first-order valence-corrected chi connectivity index (χ1v) is 4.47. The number of rotatable bonds is 5. The Hall–Kier alpha value is -0.200. The lowest BCUT2D eigenvalue weighted by Crippen LogP contribution is -2.38. The van der Waals surface area contributed by atoms with Crippen LogP contribution in [0.1, 0.15) is 13.8 Å². The second kappa shape index (κ2) is 4.88. The van der Waals surface area contributed by atoms with E-state index in [1.807, 2.05) is 13.8 Å². The van der Waals surface area contributed by atoms with Gasteiger partial charge in [-0.2, -0.15) is 0 Å². The molecule has 0 radical (unpaired) electrons. The summed E-state index contributed by atoms with van der Waals surface area (Å²) >= 11 is 0. The van der Waals surface area contributed by atoms with Crippen LogP contribution in [0.2, 0.25) is 0 Å². The molecule has 1 rings (SSSR count). The van der Waals surface area contributed by atoms with Crippen LogP contribution in [0.25, 0.3) is 0 Å². The summed E-state index contributed by atoms with van der Waals surface area (Å²) in [6, 6.07) is 0. The van der Waals surface area contributed by atoms with E-state index in [1.165, 1.54) is 0 Å². The van der Waals surface area contributed by atoms with E-state index >= 15 is 0 Å². The zero-order valence-corrected chi connectivity index (χ0v) is 7.99. The number of aliphatic hydroxyl groups excluding tert-OH is 1. The van der Waals surface area contributed by atoms with Crippen LogP contribution in [0, 0.1) is 0 Å². The Bertz CT molecular complexity index is 143. The average molecular weight is 192 g/mol. The molecular formula is C8H16O5. The largest absolute Gasteiger partial charge is 0.413 e. The van der Waals surface area contributed by atoms with Gasteiger partial charge in [0.25, 0.3) is 0 Å². The molecule has 1 saturated heterocycles. The molecule has 0 saturated carbocycles. The molecule has 0 aromatic carbocycles. The molecule has 0 spiro atoms. The molecular weight excluding hydrogens is 176 g/mol. The highest BCUT2D eigenvalue weighted by molar-refractivity contribution is 4.63. The normalized spacial score (nSPS) is 26.5. The second-order valence-electron chi connectivity index (χ2n) is 2.60. The molecule has 0 aromatic heterocycles. The van der Waals surface area contributed by atoms with Crippen molar-refractivity contribution in [3.05, 3.63) is 0 Å². The van der Waals surface area contributed by atoms with E-state index in [-0.39, 0.29) is 19.3 Å². The van der Waals surface area contributed by atoms with Crippen molar-refractivity contribution in [3.8, 4) is 0 Å². The van der Waals surface area contributed by atoms with Gasteiger partial charge in [0.05, 0.1) is 26.4 Å². The topological polar surface area (TPSA) is 57.2 Å². The molecule has 1 aliphatic rings. The van der Waals surface area contributed by atoms with E-state index in [9.17, 15) is 0 Å². The number of hydrogen-bond acceptors (Lipinski definition) is 5. The molecule has 1 fully saturated rings. The van der Waals surface area contributed by atoms with Gasteiger partial charge in [-0.05, 0) is 13.8 Å². The van der Waals surface area contributed by atoms with E-state index in [4.69, 9.17) is 24.1 Å². The predicted molar refractivity (Wildman–Crippen MR) is 43.9 cm³/mol. The van der Waals surface area contributed by atoms with Crippen LogP contribution in [0.4, 0.5) is 0 Å². The maximum atomic E-state index is 8.82. The van der Waals surface area contributed by atoms with Gasteiger partial charge in [-0.1, -0.05) is 0 Å². The third-order valence-electron chi connectivity index (χ3n) is 1.60. The Labute approximate surface area is 77.5 Å². The van der Waals surface area contributed by atoms with Crippen molar-refractivity contribution in [1.82, 2.24) is 0 Å². The quantitative estimate of drug-likeness (QED) is 0.625. The summed E-state index contributed by atoms with van der Waals surface area (Å²) in [6.45, 7) is 4.69. The van der Waals surface area contributed by atoms with Gasteiger partial charge in [-0.3, -0.25) is 4.74 Å². The molecule has 0 aromatic rings. The monoisotopic (exact) mass is 192 g/mol. The van der Waals surface area contributed by atoms with Crippen LogP contribution >= 0.6 is 0 Å². The zero-order valence-electron chi connectivity index (χ0n) is 7.99. The molecule has 78 valence electrons. The molecule has 5 nitrogen and oxygen atoms in total. The number of ether oxygens (including phenoxy) is 4. The fourth-order valence-electron chi connectivity index (χ4n) is 1.10. The van der Waals surface area contributed by atoms with Crippen molar-refractivity contribution in [1.29, 1.82) is 0 Å². The maximum absolute atomic E-state index is 8.82. The van der Waals surface area contributed by atoms with E-state index in [0.717, 1.165) is 0 Å². The van der Waals surface area contributed by atoms with Crippen LogP contribution < -0.4 is 0 Å². The van der Waals surface area contributed by atoms with Gasteiger partial charge in [0.1, 0.15) is 6.10 Å². The molecule has 1 unspecified atom stereocenters. The Morgan fingerprint density at radius 1 is 1.38 bits per heavy atom. The minimum Gasteiger partial charge on any atom is -0.394 e. The Morgan fingerprint density at radius 3 is 2.38 bits per heavy atom. The molecule has 1 atom stereocenters. The van der Waals surface area contributed by atoms with Crippen LogP contribution in [-0.2, 0) is 18.9 Å². The maximum Gasteiger partial charge on any atom is 0.413 e. The minimum atomic E-state index is -1.39. The van der Waals surface area contributed by atoms with Crippen molar-refractivity contribution in [2.24, 2.45) is 0 Å². The fourth-order valence-corrected chi connectivity index (χ4v) is 1.10. The summed E-state index contributed by atoms with van der Waals surface area (Å²) in [5, 5.41) is 8.82. The van der Waals surface area contributed by atoms with Crippen molar-refractivity contribution in [3.63, 3.8) is 0 Å². The lowest BCUT2D eigenvalue weighted by atomic mass is 10.4. The smallest absolute Gasteiger partial charge is 0.394 e. The summed E-state index contributed by atoms with van der Waals surface area (Å²) in [7, 11) is 0. The van der Waals surface area contributed by atoms with E-state index in [2.05, 4.69) is 0 Å². The van der Waals surface area contributed by atoms with Crippen LogP contribution in [-0.4, -0.2) is 43.8 Å². The molecule has 1 heterocycles. The first-order valence-electron chi connectivity index (χ1n) is 4.47. The third-order valence-corrected chi connectivity index (χ3v) is 1.60. The van der Waals surface area contributed by atoms with Crippen LogP contribution in [0.3, 0.4) is 0 Å². The second-order valence-corrected chi connectivity index (χ2v) is 2.60. The predicted octanol–water partition coefficient (Wildman–Crippen LogP) is 0.0784. The van der Waals surface area contributed by atoms with Gasteiger partial charge >= 0.3 is 6.16 Å². The van der Waals surface area contributed by atoms with Gasteiger partial charge < -0.3 is 19.3 Å². The van der Waals surface area contributed by atoms with Crippen molar-refractivity contribution >= 4 is 0 Å². The summed E-state index contributed by atoms with van der Waals surface area (Å²) in [5.74, 6) is 0. The average Bonchev–Trinajstić information content (AvgIpc) is 2.50. The Kier molecular flexibility index (Phi) is 4.08. The highest BCUT2D eigenvalue weighted by Gasteiger charge is 2.44. The summed E-state index contributed by atoms with van der Waals surface area (Å²) in [4.78, 5) is 0. The number of aliphatic hydroxyl groups is 1. The van der Waals surface area contributed by atoms with Crippen molar-refractivity contribution < 1.29 is 24.1 Å². The molecule has 1 aliphatic heterocycles. The summed E-state index contributed by atoms with van der Waals surface area (Å²) < 4.78 is 20.8. The molecule has 1 N–H and O–H groups in total. The van der Waals surface area contributed by atoms with Gasteiger partial charge in [-0.15, -0.1) is 0 Å². The van der Waals surface area contributed by atoms with Gasteiger partial charge in [0, 0.05) is 0 Å². The highest BCUT2D eigenvalue weighted by atomic mass is 17.0. The van der Waals surface area contributed by atoms with Gasteiger partial charge in [-0.25, -0.2) is 0 Å². The van der Waals surface area contributed by atoms with Crippen molar-refractivity contribution in [2.45, 2.75) is 26.1 Å². The first-order chi connectivity index (χ1) is 6.26. The Balaban J connectivity index is 2.49. The SMILES string of the molecule is CCOC1(OCC)OCC(CO)O1. The highest BCUT2D eigenvalue weighted by Crippen LogP contribution is 2.26. The minimum absolute atomic E-state index is 0.0953. The standard InChI is InChI=1S/C8H16O5/c1-3-10-8(11-4-2)12-6-7(5-9)13-8/h7,9H,3-6H2,1-2H3. The van der Waals surface area contributed by atoms with E-state index in [0.29, 0.717) is 13.2 Å². The van der Waals surface area contributed by atoms with E-state index in [1.54, 1.807) is 0 Å². The molecule has 0 amide bonds. The lowest BCUT2D eigenvalue weighted by Gasteiger charge is -2.25.